The zero-order valence-corrected chi connectivity index (χ0v) is 10.9. The van der Waals surface area contributed by atoms with Gasteiger partial charge in [-0.2, -0.15) is 0 Å². The number of benzene rings is 1. The fraction of sp³-hybridized carbons (Fsp3) is 0.455. The van der Waals surface area contributed by atoms with Gasteiger partial charge in [0.15, 0.2) is 11.5 Å². The highest BCUT2D eigenvalue weighted by Crippen LogP contribution is 2.42. The Kier molecular flexibility index (Phi) is 3.86. The van der Waals surface area contributed by atoms with Gasteiger partial charge in [0.1, 0.15) is 5.82 Å². The van der Waals surface area contributed by atoms with E-state index in [0.717, 1.165) is 12.6 Å². The van der Waals surface area contributed by atoms with Gasteiger partial charge in [-0.15, -0.1) is 0 Å². The van der Waals surface area contributed by atoms with Gasteiger partial charge in [0.05, 0.1) is 24.3 Å². The zero-order valence-electron chi connectivity index (χ0n) is 9.30. The Hall–Kier alpha value is -0.850. The maximum absolute atomic E-state index is 13.6. The Morgan fingerprint density at radius 2 is 2.41 bits per heavy atom. The minimum absolute atomic E-state index is 0.0884. The van der Waals surface area contributed by atoms with Crippen LogP contribution in [-0.2, 0) is 4.74 Å². The third kappa shape index (κ3) is 2.38. The smallest absolute Gasteiger partial charge is 0.164 e. The lowest BCUT2D eigenvalue weighted by Crippen LogP contribution is -2.33. The van der Waals surface area contributed by atoms with Gasteiger partial charge < -0.3 is 19.9 Å². The molecule has 6 heteroatoms. The minimum Gasteiger partial charge on any atom is -0.504 e. The van der Waals surface area contributed by atoms with Gasteiger partial charge in [-0.1, -0.05) is 0 Å². The van der Waals surface area contributed by atoms with E-state index in [0.29, 0.717) is 18.7 Å². The van der Waals surface area contributed by atoms with Gasteiger partial charge >= 0.3 is 0 Å². The molecule has 2 N–H and O–H groups in total. The Labute approximate surface area is 107 Å². The fourth-order valence-electron chi connectivity index (χ4n) is 1.81. The molecule has 2 rings (SSSR count). The summed E-state index contributed by atoms with van der Waals surface area (Å²) in [5, 5.41) is 13.1. The predicted molar refractivity (Wildman–Crippen MR) is 63.9 cm³/mol. The van der Waals surface area contributed by atoms with Crippen LogP contribution in [0, 0.1) is 5.82 Å². The first-order valence-corrected chi connectivity index (χ1v) is 6.01. The van der Waals surface area contributed by atoms with Crippen molar-refractivity contribution >= 4 is 15.9 Å². The van der Waals surface area contributed by atoms with Gasteiger partial charge in [-0.05, 0) is 15.9 Å². The van der Waals surface area contributed by atoms with Gasteiger partial charge in [-0.3, -0.25) is 0 Å². The molecule has 1 saturated heterocycles. The summed E-state index contributed by atoms with van der Waals surface area (Å²) < 4.78 is 24.3. The van der Waals surface area contributed by atoms with E-state index in [2.05, 4.69) is 21.2 Å². The summed E-state index contributed by atoms with van der Waals surface area (Å²) in [7, 11) is 1.38. The third-order valence-electron chi connectivity index (χ3n) is 2.66. The van der Waals surface area contributed by atoms with Crippen molar-refractivity contribution in [3.8, 4) is 11.5 Å². The number of rotatable bonds is 2. The molecule has 0 amide bonds. The Bertz CT molecular complexity index is 422. The summed E-state index contributed by atoms with van der Waals surface area (Å²) in [5.74, 6) is -0.465. The van der Waals surface area contributed by atoms with E-state index in [-0.39, 0.29) is 22.1 Å². The van der Waals surface area contributed by atoms with Crippen molar-refractivity contribution in [2.45, 2.75) is 6.10 Å². The minimum atomic E-state index is -0.483. The van der Waals surface area contributed by atoms with E-state index in [4.69, 9.17) is 9.47 Å². The van der Waals surface area contributed by atoms with Crippen LogP contribution in [0.4, 0.5) is 4.39 Å². The Morgan fingerprint density at radius 1 is 1.65 bits per heavy atom. The molecule has 1 unspecified atom stereocenters. The van der Waals surface area contributed by atoms with E-state index in [1.165, 1.54) is 7.11 Å². The third-order valence-corrected chi connectivity index (χ3v) is 3.47. The van der Waals surface area contributed by atoms with Crippen LogP contribution in [-0.4, -0.2) is 31.9 Å². The summed E-state index contributed by atoms with van der Waals surface area (Å²) in [6.07, 6.45) is -0.386. The molecular weight excluding hydrogens is 293 g/mol. The molecule has 4 nitrogen and oxygen atoms in total. The number of morpholine rings is 1. The van der Waals surface area contributed by atoms with Crippen molar-refractivity contribution in [2.24, 2.45) is 0 Å². The van der Waals surface area contributed by atoms with Crippen LogP contribution in [0.5, 0.6) is 11.5 Å². The molecule has 94 valence electrons. The average Bonchev–Trinajstić information content (AvgIpc) is 2.35. The number of nitrogens with one attached hydrogen (secondary N) is 1. The molecule has 0 spiro atoms. The van der Waals surface area contributed by atoms with Crippen LogP contribution in [0.25, 0.3) is 0 Å². The maximum Gasteiger partial charge on any atom is 0.164 e. The van der Waals surface area contributed by atoms with Crippen molar-refractivity contribution in [2.75, 3.05) is 26.8 Å². The van der Waals surface area contributed by atoms with Crippen molar-refractivity contribution in [3.63, 3.8) is 0 Å². The molecule has 0 saturated carbocycles. The molecule has 1 aromatic rings. The van der Waals surface area contributed by atoms with Crippen molar-refractivity contribution in [1.82, 2.24) is 5.32 Å². The summed E-state index contributed by atoms with van der Waals surface area (Å²) in [6.45, 7) is 1.80. The lowest BCUT2D eigenvalue weighted by Gasteiger charge is -2.26. The lowest BCUT2D eigenvalue weighted by molar-refractivity contribution is 0.0254. The first-order valence-electron chi connectivity index (χ1n) is 5.22. The first kappa shape index (κ1) is 12.6. The van der Waals surface area contributed by atoms with Gasteiger partial charge in [0.25, 0.3) is 0 Å². The quantitative estimate of drug-likeness (QED) is 0.877. The SMILES string of the molecule is COc1cc(F)c(Br)c(C2CNCCO2)c1O. The zero-order chi connectivity index (χ0) is 12.4. The molecule has 17 heavy (non-hydrogen) atoms. The number of aromatic hydroxyl groups is 1. The molecular formula is C11H13BrFNO3. The normalized spacial score (nSPS) is 20.3. The monoisotopic (exact) mass is 305 g/mol. The summed E-state index contributed by atoms with van der Waals surface area (Å²) >= 11 is 3.13. The first-order chi connectivity index (χ1) is 8.15. The molecule has 1 aliphatic heterocycles. The van der Waals surface area contributed by atoms with Crippen LogP contribution in [0.15, 0.2) is 10.5 Å². The summed E-state index contributed by atoms with van der Waals surface area (Å²) in [5.41, 5.74) is 0.383. The van der Waals surface area contributed by atoms with Crippen LogP contribution in [0.3, 0.4) is 0 Å². The van der Waals surface area contributed by atoms with E-state index >= 15 is 0 Å². The fourth-order valence-corrected chi connectivity index (χ4v) is 2.37. The lowest BCUT2D eigenvalue weighted by atomic mass is 10.1. The second-order valence-electron chi connectivity index (χ2n) is 3.70. The molecule has 1 aliphatic rings. The molecule has 0 radical (unpaired) electrons. The summed E-state index contributed by atoms with van der Waals surface area (Å²) in [4.78, 5) is 0. The standard InChI is InChI=1S/C11H13BrFNO3/c1-16-7-4-6(13)10(12)9(11(7)15)8-5-14-2-3-17-8/h4,8,14-15H,2-3,5H2,1H3. The molecule has 1 heterocycles. The molecule has 0 aromatic heterocycles. The van der Waals surface area contributed by atoms with Crippen LogP contribution < -0.4 is 10.1 Å². The van der Waals surface area contributed by atoms with Crippen molar-refractivity contribution in [1.29, 1.82) is 0 Å². The maximum atomic E-state index is 13.6. The number of ether oxygens (including phenoxy) is 2. The second kappa shape index (κ2) is 5.20. The van der Waals surface area contributed by atoms with Crippen LogP contribution in [0.2, 0.25) is 0 Å². The summed E-state index contributed by atoms with van der Waals surface area (Å²) in [6, 6.07) is 1.14. The van der Waals surface area contributed by atoms with Crippen LogP contribution in [0.1, 0.15) is 11.7 Å². The largest absolute Gasteiger partial charge is 0.504 e. The van der Waals surface area contributed by atoms with E-state index < -0.39 is 5.82 Å². The highest BCUT2D eigenvalue weighted by Gasteiger charge is 2.26. The van der Waals surface area contributed by atoms with E-state index in [9.17, 15) is 9.50 Å². The molecule has 0 aliphatic carbocycles. The van der Waals surface area contributed by atoms with Gasteiger partial charge in [-0.25, -0.2) is 4.39 Å². The number of methoxy groups -OCH3 is 1. The number of hydrogen-bond donors (Lipinski definition) is 2. The predicted octanol–water partition coefficient (Wildman–Crippen LogP) is 1.96. The molecule has 0 bridgehead atoms. The number of halogens is 2. The molecule has 1 fully saturated rings. The number of hydrogen-bond acceptors (Lipinski definition) is 4. The van der Waals surface area contributed by atoms with Crippen LogP contribution >= 0.6 is 15.9 Å². The molecule has 1 aromatic carbocycles. The highest BCUT2D eigenvalue weighted by atomic mass is 79.9. The topological polar surface area (TPSA) is 50.7 Å². The number of phenolic OH excluding ortho intramolecular Hbond substituents is 1. The second-order valence-corrected chi connectivity index (χ2v) is 4.49. The Morgan fingerprint density at radius 3 is 3.00 bits per heavy atom. The van der Waals surface area contributed by atoms with Crippen molar-refractivity contribution < 1.29 is 19.0 Å². The Balaban J connectivity index is 2.46. The highest BCUT2D eigenvalue weighted by molar-refractivity contribution is 9.10. The van der Waals surface area contributed by atoms with E-state index in [1.807, 2.05) is 0 Å². The average molecular weight is 306 g/mol. The number of phenols is 1. The van der Waals surface area contributed by atoms with Gasteiger partial charge in [0, 0.05) is 24.7 Å². The van der Waals surface area contributed by atoms with Gasteiger partial charge in [0.2, 0.25) is 0 Å². The van der Waals surface area contributed by atoms with Crippen molar-refractivity contribution in [3.05, 3.63) is 21.9 Å². The van der Waals surface area contributed by atoms with E-state index in [1.54, 1.807) is 0 Å². The molecule has 1 atom stereocenters.